The molecule has 0 spiro atoms. The number of thiazole rings is 1. The molecule has 1 fully saturated rings. The van der Waals surface area contributed by atoms with Crippen LogP contribution in [0.1, 0.15) is 26.7 Å². The molecule has 1 atom stereocenters. The van der Waals surface area contributed by atoms with Crippen molar-refractivity contribution in [3.05, 3.63) is 16.1 Å². The maximum atomic E-state index is 12.1. The van der Waals surface area contributed by atoms with Crippen LogP contribution < -0.4 is 0 Å². The van der Waals surface area contributed by atoms with Crippen molar-refractivity contribution in [2.75, 3.05) is 27.2 Å². The van der Waals surface area contributed by atoms with Crippen LogP contribution in [0.15, 0.2) is 5.38 Å². The standard InChI is InChI=1S/C11H15N3O3S/c1-13(2)7-3-4-14(5-7)10(15)9-12-8(6-18-9)11(16)17/h6-7H,3-5H2,1-2H3,(H,16,17). The number of hydrogen-bond donors (Lipinski definition) is 1. The molecule has 1 N–H and O–H groups in total. The summed E-state index contributed by atoms with van der Waals surface area (Å²) < 4.78 is 0. The van der Waals surface area contributed by atoms with E-state index in [0.29, 0.717) is 19.1 Å². The first-order valence-electron chi connectivity index (χ1n) is 5.63. The van der Waals surface area contributed by atoms with E-state index < -0.39 is 5.97 Å². The Morgan fingerprint density at radius 3 is 2.78 bits per heavy atom. The van der Waals surface area contributed by atoms with E-state index in [2.05, 4.69) is 9.88 Å². The highest BCUT2D eigenvalue weighted by atomic mass is 32.1. The first-order chi connectivity index (χ1) is 8.49. The Kier molecular flexibility index (Phi) is 3.63. The number of amides is 1. The van der Waals surface area contributed by atoms with Gasteiger partial charge in [0.1, 0.15) is 0 Å². The Balaban J connectivity index is 2.05. The summed E-state index contributed by atoms with van der Waals surface area (Å²) in [6.45, 7) is 1.37. The molecular formula is C11H15N3O3S. The summed E-state index contributed by atoms with van der Waals surface area (Å²) in [5, 5.41) is 10.4. The van der Waals surface area contributed by atoms with Gasteiger partial charge in [-0.05, 0) is 20.5 Å². The molecule has 1 unspecified atom stereocenters. The molecule has 6 nitrogen and oxygen atoms in total. The lowest BCUT2D eigenvalue weighted by Crippen LogP contribution is -2.34. The normalized spacial score (nSPS) is 19.5. The lowest BCUT2D eigenvalue weighted by atomic mass is 10.2. The highest BCUT2D eigenvalue weighted by molar-refractivity contribution is 7.11. The summed E-state index contributed by atoms with van der Waals surface area (Å²) >= 11 is 1.09. The highest BCUT2D eigenvalue weighted by Crippen LogP contribution is 2.18. The Morgan fingerprint density at radius 1 is 1.56 bits per heavy atom. The Bertz CT molecular complexity index is 472. The van der Waals surface area contributed by atoms with Gasteiger partial charge in [-0.3, -0.25) is 4.79 Å². The fourth-order valence-corrected chi connectivity index (χ4v) is 2.71. The number of aromatic nitrogens is 1. The first-order valence-corrected chi connectivity index (χ1v) is 6.51. The van der Waals surface area contributed by atoms with Gasteiger partial charge in [-0.25, -0.2) is 9.78 Å². The summed E-state index contributed by atoms with van der Waals surface area (Å²) in [5.74, 6) is -1.27. The maximum Gasteiger partial charge on any atom is 0.355 e. The van der Waals surface area contributed by atoms with Crippen LogP contribution >= 0.6 is 11.3 Å². The second kappa shape index (κ2) is 5.03. The number of carboxylic acid groups (broad SMARTS) is 1. The monoisotopic (exact) mass is 269 g/mol. The largest absolute Gasteiger partial charge is 0.476 e. The molecule has 2 heterocycles. The Labute approximate surface area is 109 Å². The van der Waals surface area contributed by atoms with Crippen molar-refractivity contribution in [3.8, 4) is 0 Å². The zero-order valence-electron chi connectivity index (χ0n) is 10.3. The third-order valence-electron chi connectivity index (χ3n) is 3.09. The van der Waals surface area contributed by atoms with Crippen LogP contribution in [0.2, 0.25) is 0 Å². The number of nitrogens with zero attached hydrogens (tertiary/aromatic N) is 3. The van der Waals surface area contributed by atoms with Gasteiger partial charge in [0.15, 0.2) is 10.7 Å². The Hall–Kier alpha value is -1.47. The van der Waals surface area contributed by atoms with Gasteiger partial charge in [-0.1, -0.05) is 0 Å². The molecule has 1 aromatic heterocycles. The van der Waals surface area contributed by atoms with Crippen LogP contribution in [0.5, 0.6) is 0 Å². The van der Waals surface area contributed by atoms with Crippen LogP contribution in [-0.4, -0.2) is 65.0 Å². The summed E-state index contributed by atoms with van der Waals surface area (Å²) in [6.07, 6.45) is 0.940. The molecule has 7 heteroatoms. The van der Waals surface area contributed by atoms with Gasteiger partial charge >= 0.3 is 5.97 Å². The van der Waals surface area contributed by atoms with Crippen LogP contribution in [-0.2, 0) is 0 Å². The summed E-state index contributed by atoms with van der Waals surface area (Å²) in [6, 6.07) is 0.368. The number of carbonyl (C=O) groups is 2. The van der Waals surface area contributed by atoms with E-state index in [0.717, 1.165) is 17.8 Å². The van der Waals surface area contributed by atoms with Crippen molar-refractivity contribution in [1.29, 1.82) is 0 Å². The topological polar surface area (TPSA) is 73.7 Å². The SMILES string of the molecule is CN(C)C1CCN(C(=O)c2nc(C(=O)O)cs2)C1. The molecule has 18 heavy (non-hydrogen) atoms. The molecule has 1 amide bonds. The summed E-state index contributed by atoms with van der Waals surface area (Å²) in [4.78, 5) is 30.5. The minimum atomic E-state index is -1.10. The maximum absolute atomic E-state index is 12.1. The lowest BCUT2D eigenvalue weighted by molar-refractivity contribution is 0.0691. The van der Waals surface area contributed by atoms with E-state index in [4.69, 9.17) is 5.11 Å². The van der Waals surface area contributed by atoms with Crippen LogP contribution in [0, 0.1) is 0 Å². The van der Waals surface area contributed by atoms with Crippen molar-refractivity contribution in [2.24, 2.45) is 0 Å². The second-order valence-corrected chi connectivity index (χ2v) is 5.36. The number of carboxylic acids is 1. The van der Waals surface area contributed by atoms with Crippen LogP contribution in [0.4, 0.5) is 0 Å². The predicted octanol–water partition coefficient (Wildman–Crippen LogP) is 0.617. The number of likely N-dealkylation sites (tertiary alicyclic amines) is 1. The zero-order chi connectivity index (χ0) is 13.3. The van der Waals surface area contributed by atoms with Gasteiger partial charge in [0.05, 0.1) is 0 Å². The van der Waals surface area contributed by atoms with Crippen molar-refractivity contribution in [1.82, 2.24) is 14.8 Å². The van der Waals surface area contributed by atoms with E-state index in [1.165, 1.54) is 5.38 Å². The molecule has 0 aromatic carbocycles. The van der Waals surface area contributed by atoms with Gasteiger partial charge < -0.3 is 14.9 Å². The summed E-state index contributed by atoms with van der Waals surface area (Å²) in [5.41, 5.74) is -0.0632. The molecule has 0 saturated carbocycles. The molecule has 1 aliphatic rings. The summed E-state index contributed by atoms with van der Waals surface area (Å²) in [7, 11) is 3.98. The van der Waals surface area contributed by atoms with Gasteiger partial charge in [-0.2, -0.15) is 0 Å². The third kappa shape index (κ3) is 2.51. The molecule has 0 aliphatic carbocycles. The smallest absolute Gasteiger partial charge is 0.355 e. The average molecular weight is 269 g/mol. The van der Waals surface area contributed by atoms with Crippen molar-refractivity contribution in [2.45, 2.75) is 12.5 Å². The number of carbonyl (C=O) groups excluding carboxylic acids is 1. The number of aromatic carboxylic acids is 1. The van der Waals surface area contributed by atoms with Crippen LogP contribution in [0.25, 0.3) is 0 Å². The molecule has 0 radical (unpaired) electrons. The molecular weight excluding hydrogens is 254 g/mol. The van der Waals surface area contributed by atoms with E-state index in [-0.39, 0.29) is 16.6 Å². The van der Waals surface area contributed by atoms with Crippen molar-refractivity contribution in [3.63, 3.8) is 0 Å². The molecule has 1 saturated heterocycles. The van der Waals surface area contributed by atoms with Crippen molar-refractivity contribution < 1.29 is 14.7 Å². The van der Waals surface area contributed by atoms with Gasteiger partial charge in [0.2, 0.25) is 0 Å². The first kappa shape index (κ1) is 13.0. The molecule has 1 aliphatic heterocycles. The number of likely N-dealkylation sites (N-methyl/N-ethyl adjacent to an activating group) is 1. The predicted molar refractivity (Wildman–Crippen MR) is 67.1 cm³/mol. The molecule has 0 bridgehead atoms. The minimum absolute atomic E-state index is 0.0632. The number of hydrogen-bond acceptors (Lipinski definition) is 5. The molecule has 98 valence electrons. The van der Waals surface area contributed by atoms with Gasteiger partial charge in [-0.15, -0.1) is 11.3 Å². The Morgan fingerprint density at radius 2 is 2.28 bits per heavy atom. The average Bonchev–Trinajstić information content (AvgIpc) is 2.97. The highest BCUT2D eigenvalue weighted by Gasteiger charge is 2.29. The van der Waals surface area contributed by atoms with Crippen molar-refractivity contribution >= 4 is 23.2 Å². The van der Waals surface area contributed by atoms with Gasteiger partial charge in [0, 0.05) is 24.5 Å². The van der Waals surface area contributed by atoms with Gasteiger partial charge in [0.25, 0.3) is 5.91 Å². The zero-order valence-corrected chi connectivity index (χ0v) is 11.1. The van der Waals surface area contributed by atoms with E-state index in [1.54, 1.807) is 4.90 Å². The number of rotatable bonds is 3. The quantitative estimate of drug-likeness (QED) is 0.870. The second-order valence-electron chi connectivity index (χ2n) is 4.50. The van der Waals surface area contributed by atoms with Crippen LogP contribution in [0.3, 0.4) is 0 Å². The molecule has 1 aromatic rings. The van der Waals surface area contributed by atoms with E-state index in [9.17, 15) is 9.59 Å². The minimum Gasteiger partial charge on any atom is -0.476 e. The lowest BCUT2D eigenvalue weighted by Gasteiger charge is -2.19. The molecule has 2 rings (SSSR count). The fourth-order valence-electron chi connectivity index (χ4n) is 1.95. The third-order valence-corrected chi connectivity index (χ3v) is 3.92. The van der Waals surface area contributed by atoms with E-state index >= 15 is 0 Å². The fraction of sp³-hybridized carbons (Fsp3) is 0.545. The van der Waals surface area contributed by atoms with E-state index in [1.807, 2.05) is 14.1 Å².